The number of aryl methyl sites for hydroxylation is 2. The quantitative estimate of drug-likeness (QED) is 0.845. The first kappa shape index (κ1) is 12.8. The van der Waals surface area contributed by atoms with E-state index in [1.54, 1.807) is 0 Å². The zero-order valence-corrected chi connectivity index (χ0v) is 11.4. The molecule has 94 valence electrons. The molecule has 18 heavy (non-hydrogen) atoms. The van der Waals surface area contributed by atoms with E-state index in [1.807, 2.05) is 0 Å². The lowest BCUT2D eigenvalue weighted by Gasteiger charge is -2.10. The van der Waals surface area contributed by atoms with Gasteiger partial charge in [-0.2, -0.15) is 0 Å². The second-order valence-electron chi connectivity index (χ2n) is 4.94. The van der Waals surface area contributed by atoms with Crippen molar-refractivity contribution in [2.75, 3.05) is 0 Å². The minimum absolute atomic E-state index is 0.152. The minimum atomic E-state index is 0.152. The fraction of sp³-hybridized carbons (Fsp3) is 0.294. The van der Waals surface area contributed by atoms with E-state index in [1.165, 1.54) is 27.8 Å². The van der Waals surface area contributed by atoms with Gasteiger partial charge in [0.2, 0.25) is 0 Å². The van der Waals surface area contributed by atoms with E-state index in [-0.39, 0.29) is 6.04 Å². The lowest BCUT2D eigenvalue weighted by atomic mass is 9.98. The Kier molecular flexibility index (Phi) is 3.83. The minimum Gasteiger partial charge on any atom is -0.324 e. The van der Waals surface area contributed by atoms with Gasteiger partial charge in [0.15, 0.2) is 0 Å². The summed E-state index contributed by atoms with van der Waals surface area (Å²) >= 11 is 0. The van der Waals surface area contributed by atoms with Crippen LogP contribution in [-0.4, -0.2) is 0 Å². The molecule has 0 amide bonds. The molecule has 2 aromatic rings. The first-order valence-electron chi connectivity index (χ1n) is 6.55. The van der Waals surface area contributed by atoms with Gasteiger partial charge < -0.3 is 5.73 Å². The van der Waals surface area contributed by atoms with Crippen molar-refractivity contribution < 1.29 is 0 Å². The van der Waals surface area contributed by atoms with E-state index < -0.39 is 0 Å². The first-order chi connectivity index (χ1) is 8.61. The molecule has 0 aliphatic heterocycles. The van der Waals surface area contributed by atoms with Crippen LogP contribution in [0.5, 0.6) is 0 Å². The Morgan fingerprint density at radius 3 is 2.06 bits per heavy atom. The summed E-state index contributed by atoms with van der Waals surface area (Å²) in [5, 5.41) is 0. The second-order valence-corrected chi connectivity index (χ2v) is 4.94. The third-order valence-electron chi connectivity index (χ3n) is 3.62. The number of nitrogens with two attached hydrogens (primary N) is 1. The largest absolute Gasteiger partial charge is 0.324 e. The van der Waals surface area contributed by atoms with Crippen LogP contribution in [-0.2, 0) is 0 Å². The van der Waals surface area contributed by atoms with Crippen molar-refractivity contribution in [2.24, 2.45) is 5.73 Å². The van der Waals surface area contributed by atoms with Crippen molar-refractivity contribution in [2.45, 2.75) is 33.2 Å². The summed E-state index contributed by atoms with van der Waals surface area (Å²) in [4.78, 5) is 0. The molecule has 2 N–H and O–H groups in total. The van der Waals surface area contributed by atoms with Crippen LogP contribution in [0, 0.1) is 13.8 Å². The van der Waals surface area contributed by atoms with E-state index in [4.69, 9.17) is 5.73 Å². The summed E-state index contributed by atoms with van der Waals surface area (Å²) < 4.78 is 0. The van der Waals surface area contributed by atoms with Crippen LogP contribution in [0.2, 0.25) is 0 Å². The van der Waals surface area contributed by atoms with E-state index in [0.717, 1.165) is 6.42 Å². The van der Waals surface area contributed by atoms with Gasteiger partial charge in [-0.3, -0.25) is 0 Å². The molecule has 0 saturated carbocycles. The Morgan fingerprint density at radius 2 is 1.50 bits per heavy atom. The van der Waals surface area contributed by atoms with Crippen LogP contribution in [0.15, 0.2) is 42.5 Å². The average molecular weight is 239 g/mol. The highest BCUT2D eigenvalue weighted by Gasteiger charge is 2.04. The Morgan fingerprint density at radius 1 is 0.889 bits per heavy atom. The molecule has 0 saturated heterocycles. The van der Waals surface area contributed by atoms with Gasteiger partial charge in [-0.05, 0) is 48.1 Å². The zero-order chi connectivity index (χ0) is 13.1. The van der Waals surface area contributed by atoms with Gasteiger partial charge in [0, 0.05) is 6.04 Å². The maximum atomic E-state index is 6.03. The summed E-state index contributed by atoms with van der Waals surface area (Å²) in [6.45, 7) is 6.41. The summed E-state index contributed by atoms with van der Waals surface area (Å²) in [6.07, 6.45) is 0.975. The molecule has 0 aliphatic carbocycles. The molecule has 2 aromatic carbocycles. The van der Waals surface area contributed by atoms with Crippen LogP contribution < -0.4 is 5.73 Å². The average Bonchev–Trinajstić information content (AvgIpc) is 2.41. The fourth-order valence-electron chi connectivity index (χ4n) is 2.08. The summed E-state index contributed by atoms with van der Waals surface area (Å²) in [7, 11) is 0. The molecule has 1 atom stereocenters. The first-order valence-corrected chi connectivity index (χ1v) is 6.55. The van der Waals surface area contributed by atoms with Gasteiger partial charge in [-0.25, -0.2) is 0 Å². The van der Waals surface area contributed by atoms with Gasteiger partial charge in [0.05, 0.1) is 0 Å². The van der Waals surface area contributed by atoms with E-state index in [2.05, 4.69) is 63.2 Å². The van der Waals surface area contributed by atoms with Gasteiger partial charge in [-0.15, -0.1) is 0 Å². The zero-order valence-electron chi connectivity index (χ0n) is 11.4. The molecule has 1 unspecified atom stereocenters. The van der Waals surface area contributed by atoms with Gasteiger partial charge in [0.25, 0.3) is 0 Å². The number of hydrogen-bond acceptors (Lipinski definition) is 1. The van der Waals surface area contributed by atoms with E-state index >= 15 is 0 Å². The molecule has 0 aliphatic rings. The summed E-state index contributed by atoms with van der Waals surface area (Å²) in [5.74, 6) is 0. The van der Waals surface area contributed by atoms with Gasteiger partial charge >= 0.3 is 0 Å². The number of hydrogen-bond donors (Lipinski definition) is 1. The SMILES string of the molecule is CCC(N)c1ccc(-c2ccc(C)c(C)c2)cc1. The smallest absolute Gasteiger partial charge is 0.0292 e. The summed E-state index contributed by atoms with van der Waals surface area (Å²) in [5.41, 5.74) is 12.4. The Bertz CT molecular complexity index is 526. The van der Waals surface area contributed by atoms with Crippen molar-refractivity contribution in [1.82, 2.24) is 0 Å². The lowest BCUT2D eigenvalue weighted by molar-refractivity contribution is 0.699. The maximum absolute atomic E-state index is 6.03. The van der Waals surface area contributed by atoms with Gasteiger partial charge in [-0.1, -0.05) is 49.4 Å². The molecule has 0 heterocycles. The third-order valence-corrected chi connectivity index (χ3v) is 3.62. The van der Waals surface area contributed by atoms with Crippen LogP contribution in [0.1, 0.15) is 36.1 Å². The Labute approximate surface area is 110 Å². The standard InChI is InChI=1S/C17H21N/c1-4-17(18)15-9-7-14(8-10-15)16-6-5-12(2)13(3)11-16/h5-11,17H,4,18H2,1-3H3. The highest BCUT2D eigenvalue weighted by atomic mass is 14.6. The van der Waals surface area contributed by atoms with Crippen LogP contribution >= 0.6 is 0 Å². The van der Waals surface area contributed by atoms with Crippen LogP contribution in [0.4, 0.5) is 0 Å². The molecule has 0 radical (unpaired) electrons. The normalized spacial score (nSPS) is 12.4. The molecule has 1 heteroatoms. The second kappa shape index (κ2) is 5.36. The third kappa shape index (κ3) is 2.62. The van der Waals surface area contributed by atoms with Crippen molar-refractivity contribution >= 4 is 0 Å². The molecular formula is C17H21N. The van der Waals surface area contributed by atoms with E-state index in [9.17, 15) is 0 Å². The Balaban J connectivity index is 2.31. The van der Waals surface area contributed by atoms with E-state index in [0.29, 0.717) is 0 Å². The monoisotopic (exact) mass is 239 g/mol. The predicted octanol–water partition coefficient (Wildman–Crippen LogP) is 4.38. The highest BCUT2D eigenvalue weighted by molar-refractivity contribution is 5.65. The maximum Gasteiger partial charge on any atom is 0.0292 e. The molecule has 0 bridgehead atoms. The predicted molar refractivity (Wildman–Crippen MR) is 78.6 cm³/mol. The molecular weight excluding hydrogens is 218 g/mol. The number of benzene rings is 2. The molecule has 0 spiro atoms. The van der Waals surface area contributed by atoms with Gasteiger partial charge in [0.1, 0.15) is 0 Å². The van der Waals surface area contributed by atoms with Crippen molar-refractivity contribution in [3.05, 3.63) is 59.2 Å². The van der Waals surface area contributed by atoms with Crippen molar-refractivity contribution in [1.29, 1.82) is 0 Å². The molecule has 2 rings (SSSR count). The van der Waals surface area contributed by atoms with Crippen LogP contribution in [0.25, 0.3) is 11.1 Å². The fourth-order valence-corrected chi connectivity index (χ4v) is 2.08. The molecule has 0 fully saturated rings. The Hall–Kier alpha value is -1.60. The van der Waals surface area contributed by atoms with Crippen molar-refractivity contribution in [3.63, 3.8) is 0 Å². The molecule has 0 aromatic heterocycles. The van der Waals surface area contributed by atoms with Crippen molar-refractivity contribution in [3.8, 4) is 11.1 Å². The highest BCUT2D eigenvalue weighted by Crippen LogP contribution is 2.24. The molecule has 1 nitrogen and oxygen atoms in total. The summed E-state index contributed by atoms with van der Waals surface area (Å²) in [6, 6.07) is 15.3. The topological polar surface area (TPSA) is 26.0 Å². The van der Waals surface area contributed by atoms with Crippen LogP contribution in [0.3, 0.4) is 0 Å². The lowest BCUT2D eigenvalue weighted by Crippen LogP contribution is -2.08. The number of rotatable bonds is 3.